The second-order valence-electron chi connectivity index (χ2n) is 7.04. The number of fused-ring (bicyclic) bond motifs is 2. The topological polar surface area (TPSA) is 49.6 Å². The SMILES string of the molecule is CCc1cccc2sc(N3CCN(C(=O)c4cc5ccccc5o4)CC3)nc12. The molecule has 3 heterocycles. The summed E-state index contributed by atoms with van der Waals surface area (Å²) >= 11 is 1.74. The van der Waals surface area contributed by atoms with Crippen molar-refractivity contribution in [1.29, 1.82) is 0 Å². The van der Waals surface area contributed by atoms with Gasteiger partial charge in [0.05, 0.1) is 10.2 Å². The summed E-state index contributed by atoms with van der Waals surface area (Å²) in [7, 11) is 0. The maximum absolute atomic E-state index is 12.8. The molecule has 5 rings (SSSR count). The number of nitrogens with zero attached hydrogens (tertiary/aromatic N) is 3. The highest BCUT2D eigenvalue weighted by Gasteiger charge is 2.26. The maximum atomic E-state index is 12.8. The minimum Gasteiger partial charge on any atom is -0.451 e. The van der Waals surface area contributed by atoms with Crippen LogP contribution in [0.3, 0.4) is 0 Å². The molecule has 0 saturated carbocycles. The van der Waals surface area contributed by atoms with Crippen molar-refractivity contribution in [3.63, 3.8) is 0 Å². The van der Waals surface area contributed by atoms with Crippen LogP contribution in [0.1, 0.15) is 23.0 Å². The molecule has 0 aliphatic carbocycles. The van der Waals surface area contributed by atoms with Crippen LogP contribution in [-0.2, 0) is 6.42 Å². The molecule has 1 aliphatic heterocycles. The molecule has 1 amide bonds. The summed E-state index contributed by atoms with van der Waals surface area (Å²) in [6, 6.07) is 15.9. The number of piperazine rings is 1. The third-order valence-electron chi connectivity index (χ3n) is 5.35. The van der Waals surface area contributed by atoms with Gasteiger partial charge in [0.25, 0.3) is 5.91 Å². The lowest BCUT2D eigenvalue weighted by Gasteiger charge is -2.34. The monoisotopic (exact) mass is 391 g/mol. The normalized spacial score (nSPS) is 14.9. The minimum atomic E-state index is -0.0339. The number of anilines is 1. The van der Waals surface area contributed by atoms with Gasteiger partial charge in [-0.1, -0.05) is 48.6 Å². The number of hydrogen-bond donors (Lipinski definition) is 0. The molecule has 0 atom stereocenters. The van der Waals surface area contributed by atoms with Gasteiger partial charge >= 0.3 is 0 Å². The van der Waals surface area contributed by atoms with Gasteiger partial charge in [0.1, 0.15) is 5.58 Å². The van der Waals surface area contributed by atoms with Crippen LogP contribution < -0.4 is 4.90 Å². The Bertz CT molecular complexity index is 1120. The Morgan fingerprint density at radius 2 is 1.93 bits per heavy atom. The molecule has 142 valence electrons. The third kappa shape index (κ3) is 2.94. The average molecular weight is 391 g/mol. The summed E-state index contributed by atoms with van der Waals surface area (Å²) in [5, 5.41) is 2.01. The predicted molar refractivity (Wildman–Crippen MR) is 113 cm³/mol. The lowest BCUT2D eigenvalue weighted by atomic mass is 10.1. The average Bonchev–Trinajstić information content (AvgIpc) is 3.37. The van der Waals surface area contributed by atoms with Crippen LogP contribution in [0.5, 0.6) is 0 Å². The molecule has 0 radical (unpaired) electrons. The molecule has 0 bridgehead atoms. The van der Waals surface area contributed by atoms with E-state index < -0.39 is 0 Å². The van der Waals surface area contributed by atoms with Crippen molar-refractivity contribution in [2.45, 2.75) is 13.3 Å². The quantitative estimate of drug-likeness (QED) is 0.513. The van der Waals surface area contributed by atoms with Gasteiger partial charge < -0.3 is 14.2 Å². The van der Waals surface area contributed by atoms with Crippen LogP contribution >= 0.6 is 11.3 Å². The van der Waals surface area contributed by atoms with Gasteiger partial charge in [-0.05, 0) is 30.2 Å². The summed E-state index contributed by atoms with van der Waals surface area (Å²) in [5.74, 6) is 0.385. The summed E-state index contributed by atoms with van der Waals surface area (Å²) in [5.41, 5.74) is 3.16. The fourth-order valence-electron chi connectivity index (χ4n) is 3.76. The fraction of sp³-hybridized carbons (Fsp3) is 0.273. The van der Waals surface area contributed by atoms with E-state index in [2.05, 4.69) is 30.0 Å². The van der Waals surface area contributed by atoms with Crippen molar-refractivity contribution in [3.8, 4) is 0 Å². The number of aryl methyl sites for hydroxylation is 1. The molecular weight excluding hydrogens is 370 g/mol. The number of benzene rings is 2. The zero-order valence-corrected chi connectivity index (χ0v) is 16.5. The van der Waals surface area contributed by atoms with Crippen LogP contribution in [0.15, 0.2) is 52.9 Å². The molecule has 1 saturated heterocycles. The van der Waals surface area contributed by atoms with Gasteiger partial charge in [0.2, 0.25) is 0 Å². The van der Waals surface area contributed by atoms with E-state index in [4.69, 9.17) is 9.40 Å². The largest absolute Gasteiger partial charge is 0.451 e. The summed E-state index contributed by atoms with van der Waals surface area (Å²) in [4.78, 5) is 21.9. The Hall–Kier alpha value is -2.86. The van der Waals surface area contributed by atoms with E-state index in [-0.39, 0.29) is 5.91 Å². The van der Waals surface area contributed by atoms with Crippen LogP contribution in [0.4, 0.5) is 5.13 Å². The highest BCUT2D eigenvalue weighted by atomic mass is 32.1. The van der Waals surface area contributed by atoms with Gasteiger partial charge in [-0.3, -0.25) is 4.79 Å². The lowest BCUT2D eigenvalue weighted by molar-refractivity contribution is 0.0717. The third-order valence-corrected chi connectivity index (χ3v) is 6.43. The maximum Gasteiger partial charge on any atom is 0.289 e. The zero-order valence-electron chi connectivity index (χ0n) is 15.7. The number of rotatable bonds is 3. The molecule has 0 unspecified atom stereocenters. The summed E-state index contributed by atoms with van der Waals surface area (Å²) in [6.07, 6.45) is 0.986. The number of furan rings is 1. The van der Waals surface area contributed by atoms with Crippen LogP contribution in [-0.4, -0.2) is 42.0 Å². The molecule has 0 N–H and O–H groups in total. The second kappa shape index (κ2) is 6.95. The molecule has 2 aromatic heterocycles. The predicted octanol–water partition coefficient (Wildman–Crippen LogP) is 4.57. The summed E-state index contributed by atoms with van der Waals surface area (Å²) in [6.45, 7) is 5.08. The van der Waals surface area contributed by atoms with Crippen molar-refractivity contribution in [2.75, 3.05) is 31.1 Å². The van der Waals surface area contributed by atoms with E-state index >= 15 is 0 Å². The molecule has 28 heavy (non-hydrogen) atoms. The first kappa shape index (κ1) is 17.3. The highest BCUT2D eigenvalue weighted by molar-refractivity contribution is 7.22. The van der Waals surface area contributed by atoms with E-state index in [0.29, 0.717) is 18.8 Å². The van der Waals surface area contributed by atoms with E-state index in [1.54, 1.807) is 11.3 Å². The molecule has 5 nitrogen and oxygen atoms in total. The molecular formula is C22H21N3O2S. The van der Waals surface area contributed by atoms with Crippen molar-refractivity contribution in [3.05, 3.63) is 59.9 Å². The number of para-hydroxylation sites is 2. The van der Waals surface area contributed by atoms with Crippen molar-refractivity contribution >= 4 is 43.6 Å². The fourth-order valence-corrected chi connectivity index (χ4v) is 4.82. The first-order valence-corrected chi connectivity index (χ1v) is 10.5. The Labute approximate surface area is 167 Å². The van der Waals surface area contributed by atoms with E-state index in [1.807, 2.05) is 35.2 Å². The second-order valence-corrected chi connectivity index (χ2v) is 8.05. The molecule has 1 fully saturated rings. The lowest BCUT2D eigenvalue weighted by Crippen LogP contribution is -2.48. The van der Waals surface area contributed by atoms with Gasteiger partial charge in [-0.15, -0.1) is 0 Å². The van der Waals surface area contributed by atoms with E-state index in [0.717, 1.165) is 41.1 Å². The number of amides is 1. The van der Waals surface area contributed by atoms with Crippen LogP contribution in [0, 0.1) is 0 Å². The minimum absolute atomic E-state index is 0.0339. The highest BCUT2D eigenvalue weighted by Crippen LogP contribution is 2.31. The van der Waals surface area contributed by atoms with Crippen molar-refractivity contribution < 1.29 is 9.21 Å². The molecule has 2 aromatic carbocycles. The van der Waals surface area contributed by atoms with Gasteiger partial charge in [0, 0.05) is 31.6 Å². The Balaban J connectivity index is 1.31. The van der Waals surface area contributed by atoms with E-state index in [1.165, 1.54) is 10.3 Å². The zero-order chi connectivity index (χ0) is 19.1. The number of thiazole rings is 1. The number of carbonyl (C=O) groups is 1. The Kier molecular flexibility index (Phi) is 4.28. The van der Waals surface area contributed by atoms with Crippen molar-refractivity contribution in [2.24, 2.45) is 0 Å². The molecule has 1 aliphatic rings. The molecule has 0 spiro atoms. The Morgan fingerprint density at radius 1 is 1.11 bits per heavy atom. The molecule has 4 aromatic rings. The van der Waals surface area contributed by atoms with E-state index in [9.17, 15) is 4.79 Å². The van der Waals surface area contributed by atoms with Crippen LogP contribution in [0.25, 0.3) is 21.2 Å². The van der Waals surface area contributed by atoms with Crippen molar-refractivity contribution in [1.82, 2.24) is 9.88 Å². The number of aromatic nitrogens is 1. The first-order valence-electron chi connectivity index (χ1n) is 9.64. The molecule has 6 heteroatoms. The van der Waals surface area contributed by atoms with Crippen LogP contribution in [0.2, 0.25) is 0 Å². The number of hydrogen-bond acceptors (Lipinski definition) is 5. The smallest absolute Gasteiger partial charge is 0.289 e. The standard InChI is InChI=1S/C22H21N3O2S/c1-2-15-7-5-9-19-20(15)23-22(28-19)25-12-10-24(11-13-25)21(26)18-14-16-6-3-4-8-17(16)27-18/h3-9,14H,2,10-13H2,1H3. The number of carbonyl (C=O) groups excluding carboxylic acids is 1. The van der Waals surface area contributed by atoms with Gasteiger partial charge in [-0.25, -0.2) is 4.98 Å². The first-order chi connectivity index (χ1) is 13.7. The Morgan fingerprint density at radius 3 is 2.71 bits per heavy atom. The van der Waals surface area contributed by atoms with Gasteiger partial charge in [-0.2, -0.15) is 0 Å². The summed E-state index contributed by atoms with van der Waals surface area (Å²) < 4.78 is 6.98. The van der Waals surface area contributed by atoms with Gasteiger partial charge in [0.15, 0.2) is 10.9 Å².